The van der Waals surface area contributed by atoms with Crippen LogP contribution in [0.5, 0.6) is 0 Å². The Labute approximate surface area is 258 Å². The van der Waals surface area contributed by atoms with Crippen LogP contribution in [0, 0.1) is 0 Å². The highest BCUT2D eigenvalue weighted by Crippen LogP contribution is 2.12. The number of anilines is 3. The molecule has 234 valence electrons. The summed E-state index contributed by atoms with van der Waals surface area (Å²) in [5.41, 5.74) is 8.17. The molecule has 0 saturated heterocycles. The lowest BCUT2D eigenvalue weighted by Gasteiger charge is -2.12. The van der Waals surface area contributed by atoms with E-state index in [9.17, 15) is 4.79 Å². The van der Waals surface area contributed by atoms with Gasteiger partial charge in [-0.3, -0.25) is 4.79 Å². The lowest BCUT2D eigenvalue weighted by atomic mass is 10.1. The number of imidazole rings is 1. The number of nitrogens with one attached hydrogen (secondary N) is 4. The zero-order valence-corrected chi connectivity index (χ0v) is 25.0. The second kappa shape index (κ2) is 18.8. The van der Waals surface area contributed by atoms with Gasteiger partial charge in [0.1, 0.15) is 0 Å². The first-order valence-electron chi connectivity index (χ1n) is 14.9. The van der Waals surface area contributed by atoms with Crippen molar-refractivity contribution >= 4 is 23.8 Å². The lowest BCUT2D eigenvalue weighted by molar-refractivity contribution is 0.0511. The minimum atomic E-state index is -0.153. The summed E-state index contributed by atoms with van der Waals surface area (Å²) in [6, 6.07) is 17.7. The van der Waals surface area contributed by atoms with Crippen molar-refractivity contribution in [3.05, 3.63) is 90.0 Å². The summed E-state index contributed by atoms with van der Waals surface area (Å²) in [5, 5.41) is 12.8. The molecule has 13 heteroatoms. The second-order valence-corrected chi connectivity index (χ2v) is 9.87. The van der Waals surface area contributed by atoms with Gasteiger partial charge in [0.2, 0.25) is 17.8 Å². The highest BCUT2D eigenvalue weighted by Gasteiger charge is 2.09. The summed E-state index contributed by atoms with van der Waals surface area (Å²) in [7, 11) is 0. The summed E-state index contributed by atoms with van der Waals surface area (Å²) in [4.78, 5) is 30.3. The van der Waals surface area contributed by atoms with Crippen LogP contribution in [0.25, 0.3) is 0 Å². The average Bonchev–Trinajstić information content (AvgIpc) is 3.58. The highest BCUT2D eigenvalue weighted by molar-refractivity contribution is 5.94. The Kier molecular flexibility index (Phi) is 13.8. The number of hydrogen-bond acceptors (Lipinski definition) is 11. The minimum Gasteiger partial charge on any atom is -0.378 e. The van der Waals surface area contributed by atoms with E-state index in [0.29, 0.717) is 82.6 Å². The van der Waals surface area contributed by atoms with Crippen molar-refractivity contribution in [3.63, 3.8) is 0 Å². The van der Waals surface area contributed by atoms with E-state index in [0.717, 1.165) is 24.9 Å². The van der Waals surface area contributed by atoms with E-state index >= 15 is 0 Å². The molecule has 4 aromatic rings. The first kappa shape index (κ1) is 32.3. The third-order valence-corrected chi connectivity index (χ3v) is 6.44. The van der Waals surface area contributed by atoms with Gasteiger partial charge in [0.05, 0.1) is 32.8 Å². The van der Waals surface area contributed by atoms with Crippen molar-refractivity contribution in [2.24, 2.45) is 5.73 Å². The predicted octanol–water partition coefficient (Wildman–Crippen LogP) is 2.56. The molecule has 2 aromatic heterocycles. The molecule has 0 radical (unpaired) electrons. The molecule has 0 unspecified atom stereocenters. The van der Waals surface area contributed by atoms with Gasteiger partial charge in [0.15, 0.2) is 0 Å². The van der Waals surface area contributed by atoms with E-state index in [1.54, 1.807) is 24.7 Å². The van der Waals surface area contributed by atoms with Crippen molar-refractivity contribution < 1.29 is 14.3 Å². The molecule has 0 aliphatic rings. The molecule has 0 spiro atoms. The number of nitrogens with two attached hydrogens (primary N) is 1. The molecule has 44 heavy (non-hydrogen) atoms. The zero-order chi connectivity index (χ0) is 30.7. The molecule has 0 aliphatic heterocycles. The molecule has 4 rings (SSSR count). The normalized spacial score (nSPS) is 10.8. The molecule has 1 amide bonds. The Morgan fingerprint density at radius 3 is 2.18 bits per heavy atom. The molecule has 0 bridgehead atoms. The Balaban J connectivity index is 1.26. The highest BCUT2D eigenvalue weighted by atomic mass is 16.5. The number of benzene rings is 2. The fraction of sp³-hybridized carbons (Fsp3) is 0.387. The van der Waals surface area contributed by atoms with Gasteiger partial charge in [-0.15, -0.1) is 0 Å². The van der Waals surface area contributed by atoms with Gasteiger partial charge in [-0.2, -0.15) is 15.0 Å². The van der Waals surface area contributed by atoms with Crippen molar-refractivity contribution in [2.45, 2.75) is 25.9 Å². The van der Waals surface area contributed by atoms with E-state index < -0.39 is 0 Å². The topological polar surface area (TPSA) is 166 Å². The monoisotopic (exact) mass is 602 g/mol. The van der Waals surface area contributed by atoms with E-state index in [2.05, 4.69) is 53.3 Å². The number of amides is 1. The summed E-state index contributed by atoms with van der Waals surface area (Å²) < 4.78 is 12.7. The van der Waals surface area contributed by atoms with Crippen LogP contribution in [0.3, 0.4) is 0 Å². The summed E-state index contributed by atoms with van der Waals surface area (Å²) in [6.07, 6.45) is 7.25. The first-order valence-corrected chi connectivity index (χ1v) is 14.9. The van der Waals surface area contributed by atoms with Crippen LogP contribution in [0.1, 0.15) is 27.9 Å². The predicted molar refractivity (Wildman–Crippen MR) is 171 cm³/mol. The van der Waals surface area contributed by atoms with Crippen molar-refractivity contribution in [2.75, 3.05) is 68.6 Å². The van der Waals surface area contributed by atoms with Crippen LogP contribution >= 0.6 is 0 Å². The Hall–Kier alpha value is -4.59. The molecule has 0 atom stereocenters. The summed E-state index contributed by atoms with van der Waals surface area (Å²) in [5.74, 6) is 1.29. The van der Waals surface area contributed by atoms with Crippen molar-refractivity contribution in [1.82, 2.24) is 29.8 Å². The largest absolute Gasteiger partial charge is 0.378 e. The van der Waals surface area contributed by atoms with Crippen LogP contribution < -0.4 is 27.0 Å². The lowest BCUT2D eigenvalue weighted by Crippen LogP contribution is -2.27. The molecule has 0 saturated carbocycles. The van der Waals surface area contributed by atoms with E-state index in [-0.39, 0.29) is 5.91 Å². The van der Waals surface area contributed by atoms with E-state index in [4.69, 9.17) is 15.2 Å². The van der Waals surface area contributed by atoms with Gasteiger partial charge in [-0.05, 0) is 36.1 Å². The van der Waals surface area contributed by atoms with Gasteiger partial charge >= 0.3 is 0 Å². The van der Waals surface area contributed by atoms with Crippen LogP contribution in [-0.4, -0.2) is 83.0 Å². The fourth-order valence-electron chi connectivity index (χ4n) is 4.16. The molecular formula is C31H42N10O3. The zero-order valence-electron chi connectivity index (χ0n) is 25.0. The molecule has 6 N–H and O–H groups in total. The maximum atomic E-state index is 12.5. The molecular weight excluding hydrogens is 560 g/mol. The number of aromatic nitrogens is 5. The van der Waals surface area contributed by atoms with Gasteiger partial charge in [-0.25, -0.2) is 4.98 Å². The summed E-state index contributed by atoms with van der Waals surface area (Å²) >= 11 is 0. The third kappa shape index (κ3) is 12.0. The quantitative estimate of drug-likeness (QED) is 0.0890. The maximum Gasteiger partial charge on any atom is 0.251 e. The van der Waals surface area contributed by atoms with Crippen molar-refractivity contribution in [1.29, 1.82) is 0 Å². The third-order valence-electron chi connectivity index (χ3n) is 6.44. The van der Waals surface area contributed by atoms with Gasteiger partial charge in [0, 0.05) is 57.2 Å². The van der Waals surface area contributed by atoms with Crippen LogP contribution in [0.2, 0.25) is 0 Å². The Morgan fingerprint density at radius 2 is 1.48 bits per heavy atom. The van der Waals surface area contributed by atoms with Crippen molar-refractivity contribution in [3.8, 4) is 0 Å². The fourth-order valence-corrected chi connectivity index (χ4v) is 4.16. The second-order valence-electron chi connectivity index (χ2n) is 9.87. The smallest absolute Gasteiger partial charge is 0.251 e. The molecule has 0 aliphatic carbocycles. The van der Waals surface area contributed by atoms with E-state index in [1.165, 1.54) is 5.56 Å². The average molecular weight is 603 g/mol. The van der Waals surface area contributed by atoms with Gasteiger partial charge in [0.25, 0.3) is 5.91 Å². The number of nitrogens with zero attached hydrogens (tertiary/aromatic N) is 5. The Morgan fingerprint density at radius 1 is 0.773 bits per heavy atom. The standard InChI is InChI=1S/C31H42N10O3/c32-12-19-43-21-22-44-20-16-34-28(42)27-9-7-26(8-10-27)23-37-31-39-29(35-13-4-17-41-18-15-33-24-41)38-30(40-31)36-14-11-25-5-2-1-3-6-25/h1-3,5-10,15,18,24H,4,11-14,16-17,19-23,32H2,(H,34,42)(H3,35,36,37,38,39,40). The molecule has 2 heterocycles. The number of carbonyl (C=O) groups excluding carboxylic acids is 1. The SMILES string of the molecule is NCCOCCOCCNC(=O)c1ccc(CNc2nc(NCCCn3ccnc3)nc(NCCc3ccccc3)n2)cc1. The minimum absolute atomic E-state index is 0.153. The van der Waals surface area contributed by atoms with Crippen LogP contribution in [-0.2, 0) is 29.0 Å². The van der Waals surface area contributed by atoms with Gasteiger partial charge < -0.3 is 41.0 Å². The molecule has 0 fully saturated rings. The number of hydrogen-bond donors (Lipinski definition) is 5. The number of rotatable bonds is 21. The Bertz CT molecular complexity index is 1360. The number of carbonyl (C=O) groups is 1. The first-order chi connectivity index (χ1) is 21.7. The number of ether oxygens (including phenoxy) is 2. The number of aryl methyl sites for hydroxylation is 1. The van der Waals surface area contributed by atoms with E-state index in [1.807, 2.05) is 41.1 Å². The van der Waals surface area contributed by atoms with Crippen LogP contribution in [0.15, 0.2) is 73.3 Å². The van der Waals surface area contributed by atoms with Crippen LogP contribution in [0.4, 0.5) is 17.8 Å². The maximum absolute atomic E-state index is 12.5. The van der Waals surface area contributed by atoms with Gasteiger partial charge in [-0.1, -0.05) is 42.5 Å². The summed E-state index contributed by atoms with van der Waals surface area (Å²) in [6.45, 7) is 5.50. The molecule has 2 aromatic carbocycles. The molecule has 13 nitrogen and oxygen atoms in total.